The fraction of sp³-hybridized carbons (Fsp3) is 0.500. The van der Waals surface area contributed by atoms with Gasteiger partial charge in [-0.1, -0.05) is 42.5 Å². The summed E-state index contributed by atoms with van der Waals surface area (Å²) in [5.74, 6) is 1.65. The van der Waals surface area contributed by atoms with Gasteiger partial charge in [0, 0.05) is 31.7 Å². The smallest absolute Gasteiger partial charge is 0.321 e. The van der Waals surface area contributed by atoms with Crippen LogP contribution in [0.5, 0.6) is 11.5 Å². The van der Waals surface area contributed by atoms with Crippen molar-refractivity contribution in [2.45, 2.75) is 50.9 Å². The second-order valence-corrected chi connectivity index (χ2v) is 9.42. The van der Waals surface area contributed by atoms with Gasteiger partial charge in [0.2, 0.25) is 0 Å². The van der Waals surface area contributed by atoms with Crippen LogP contribution < -0.4 is 9.47 Å². The van der Waals surface area contributed by atoms with Crippen LogP contribution in [0.1, 0.15) is 38.3 Å². The zero-order valence-electron chi connectivity index (χ0n) is 19.0. The molecule has 3 atom stereocenters. The number of benzene rings is 2. The molecule has 0 bridgehead atoms. The fourth-order valence-electron chi connectivity index (χ4n) is 5.35. The van der Waals surface area contributed by atoms with Crippen molar-refractivity contribution >= 4 is 6.03 Å². The summed E-state index contributed by atoms with van der Waals surface area (Å²) in [6.07, 6.45) is 2.17. The number of amides is 2. The topological polar surface area (TPSA) is 45.3 Å². The lowest BCUT2D eigenvalue weighted by Gasteiger charge is -2.39. The van der Waals surface area contributed by atoms with Gasteiger partial charge >= 0.3 is 6.03 Å². The predicted molar refractivity (Wildman–Crippen MR) is 124 cm³/mol. The highest BCUT2D eigenvalue weighted by molar-refractivity contribution is 5.78. The SMILES string of the molecule is CC(C)N1C(=O)N([C@H]2CCCN(C[C@H]3COc4ccccc4O3)C2)C[C@@H]1c1ccccc1. The van der Waals surface area contributed by atoms with E-state index in [1.54, 1.807) is 0 Å². The number of rotatable bonds is 5. The zero-order chi connectivity index (χ0) is 22.1. The maximum Gasteiger partial charge on any atom is 0.321 e. The molecule has 3 aliphatic heterocycles. The van der Waals surface area contributed by atoms with E-state index in [1.807, 2.05) is 30.3 Å². The molecule has 0 aliphatic carbocycles. The average Bonchev–Trinajstić information content (AvgIpc) is 3.17. The van der Waals surface area contributed by atoms with Crippen LogP contribution in [0.15, 0.2) is 54.6 Å². The third-order valence-corrected chi connectivity index (χ3v) is 6.86. The second-order valence-electron chi connectivity index (χ2n) is 9.42. The van der Waals surface area contributed by atoms with Crippen molar-refractivity contribution in [1.29, 1.82) is 0 Å². The minimum atomic E-state index is 0.0159. The van der Waals surface area contributed by atoms with Gasteiger partial charge in [0.15, 0.2) is 11.5 Å². The molecule has 2 saturated heterocycles. The summed E-state index contributed by atoms with van der Waals surface area (Å²) in [4.78, 5) is 20.1. The van der Waals surface area contributed by atoms with Gasteiger partial charge in [0.1, 0.15) is 12.7 Å². The van der Waals surface area contributed by atoms with Crippen LogP contribution in [0.25, 0.3) is 0 Å². The van der Waals surface area contributed by atoms with Crippen molar-refractivity contribution in [1.82, 2.24) is 14.7 Å². The number of hydrogen-bond acceptors (Lipinski definition) is 4. The van der Waals surface area contributed by atoms with E-state index >= 15 is 0 Å². The van der Waals surface area contributed by atoms with Crippen molar-refractivity contribution in [3.63, 3.8) is 0 Å². The highest BCUT2D eigenvalue weighted by Crippen LogP contribution is 2.35. The number of urea groups is 1. The monoisotopic (exact) mass is 435 g/mol. The Kier molecular flexibility index (Phi) is 5.96. The number of nitrogens with zero attached hydrogens (tertiary/aromatic N) is 3. The molecule has 2 fully saturated rings. The molecule has 0 unspecified atom stereocenters. The summed E-state index contributed by atoms with van der Waals surface area (Å²) < 4.78 is 12.1. The molecule has 2 amide bonds. The van der Waals surface area contributed by atoms with E-state index < -0.39 is 0 Å². The van der Waals surface area contributed by atoms with Gasteiger partial charge in [-0.05, 0) is 50.9 Å². The third-order valence-electron chi connectivity index (χ3n) is 6.86. The summed E-state index contributed by atoms with van der Waals surface area (Å²) in [5, 5.41) is 0. The molecule has 32 heavy (non-hydrogen) atoms. The predicted octanol–water partition coefficient (Wildman–Crippen LogP) is 4.18. The first-order valence-electron chi connectivity index (χ1n) is 11.8. The van der Waals surface area contributed by atoms with Crippen molar-refractivity contribution < 1.29 is 14.3 Å². The normalized spacial score (nSPS) is 26.1. The van der Waals surface area contributed by atoms with E-state index in [2.05, 4.69) is 52.8 Å². The Morgan fingerprint density at radius 2 is 1.75 bits per heavy atom. The van der Waals surface area contributed by atoms with Gasteiger partial charge in [-0.15, -0.1) is 0 Å². The first-order valence-corrected chi connectivity index (χ1v) is 11.8. The molecule has 6 nitrogen and oxygen atoms in total. The van der Waals surface area contributed by atoms with Gasteiger partial charge in [0.25, 0.3) is 0 Å². The molecule has 2 aromatic rings. The second kappa shape index (κ2) is 9.02. The molecule has 5 rings (SSSR count). The highest BCUT2D eigenvalue weighted by atomic mass is 16.6. The zero-order valence-corrected chi connectivity index (χ0v) is 19.0. The van der Waals surface area contributed by atoms with Gasteiger partial charge in [-0.2, -0.15) is 0 Å². The van der Waals surface area contributed by atoms with Gasteiger partial charge < -0.3 is 19.3 Å². The summed E-state index contributed by atoms with van der Waals surface area (Å²) in [6, 6.07) is 19.0. The Morgan fingerprint density at radius 3 is 2.53 bits per heavy atom. The van der Waals surface area contributed by atoms with Crippen molar-refractivity contribution in [3.05, 3.63) is 60.2 Å². The minimum absolute atomic E-state index is 0.0159. The van der Waals surface area contributed by atoms with Crippen LogP contribution in [0.3, 0.4) is 0 Å². The Labute approximate surface area is 190 Å². The van der Waals surface area contributed by atoms with E-state index in [1.165, 1.54) is 5.56 Å². The number of piperidine rings is 1. The molecule has 2 aromatic carbocycles. The lowest BCUT2D eigenvalue weighted by atomic mass is 10.0. The van der Waals surface area contributed by atoms with E-state index in [0.29, 0.717) is 6.61 Å². The molecule has 0 saturated carbocycles. The first-order chi connectivity index (χ1) is 15.6. The average molecular weight is 436 g/mol. The molecular weight excluding hydrogens is 402 g/mol. The van der Waals surface area contributed by atoms with Crippen LogP contribution in [0.2, 0.25) is 0 Å². The Morgan fingerprint density at radius 1 is 1.00 bits per heavy atom. The van der Waals surface area contributed by atoms with Crippen LogP contribution in [-0.4, -0.2) is 71.7 Å². The van der Waals surface area contributed by atoms with E-state index in [9.17, 15) is 4.79 Å². The molecule has 170 valence electrons. The quantitative estimate of drug-likeness (QED) is 0.707. The van der Waals surface area contributed by atoms with Crippen molar-refractivity contribution in [2.75, 3.05) is 32.8 Å². The van der Waals surface area contributed by atoms with Gasteiger partial charge in [-0.25, -0.2) is 4.79 Å². The number of fused-ring (bicyclic) bond motifs is 1. The summed E-state index contributed by atoms with van der Waals surface area (Å²) >= 11 is 0. The van der Waals surface area contributed by atoms with E-state index in [-0.39, 0.29) is 30.3 Å². The third kappa shape index (κ3) is 4.16. The molecule has 3 heterocycles. The van der Waals surface area contributed by atoms with Crippen molar-refractivity contribution in [3.8, 4) is 11.5 Å². The van der Waals surface area contributed by atoms with Crippen LogP contribution in [0.4, 0.5) is 4.79 Å². The lowest BCUT2D eigenvalue weighted by molar-refractivity contribution is 0.0398. The van der Waals surface area contributed by atoms with Crippen LogP contribution in [0, 0.1) is 0 Å². The number of carbonyl (C=O) groups is 1. The molecule has 3 aliphatic rings. The summed E-state index contributed by atoms with van der Waals surface area (Å²) in [6.45, 7) is 8.30. The first kappa shape index (κ1) is 21.1. The fourth-order valence-corrected chi connectivity index (χ4v) is 5.35. The Balaban J connectivity index is 1.25. The molecule has 0 aromatic heterocycles. The molecule has 0 N–H and O–H groups in total. The summed E-state index contributed by atoms with van der Waals surface area (Å²) in [5.41, 5.74) is 1.22. The Bertz CT molecular complexity index is 935. The number of carbonyl (C=O) groups excluding carboxylic acids is 1. The number of para-hydroxylation sites is 2. The lowest BCUT2D eigenvalue weighted by Crippen LogP contribution is -2.52. The molecule has 6 heteroatoms. The largest absolute Gasteiger partial charge is 0.486 e. The minimum Gasteiger partial charge on any atom is -0.486 e. The molecule has 0 spiro atoms. The molecule has 0 radical (unpaired) electrons. The maximum absolute atomic E-state index is 13.5. The van der Waals surface area contributed by atoms with Gasteiger partial charge in [-0.3, -0.25) is 4.90 Å². The van der Waals surface area contributed by atoms with Crippen LogP contribution >= 0.6 is 0 Å². The summed E-state index contributed by atoms with van der Waals surface area (Å²) in [7, 11) is 0. The standard InChI is InChI=1S/C26H33N3O3/c1-19(2)29-23(20-9-4-3-5-10-20)17-28(26(29)30)21-11-8-14-27(15-21)16-22-18-31-24-12-6-7-13-25(24)32-22/h3-7,9-10,12-13,19,21-23H,8,11,14-18H2,1-2H3/t21-,22-,23+/m0/s1. The number of likely N-dealkylation sites (tertiary alicyclic amines) is 1. The number of ether oxygens (including phenoxy) is 2. The molecular formula is C26H33N3O3. The van der Waals surface area contributed by atoms with E-state index in [4.69, 9.17) is 9.47 Å². The van der Waals surface area contributed by atoms with E-state index in [0.717, 1.165) is 50.5 Å². The van der Waals surface area contributed by atoms with Crippen LogP contribution in [-0.2, 0) is 0 Å². The Hall–Kier alpha value is -2.73. The van der Waals surface area contributed by atoms with Crippen molar-refractivity contribution in [2.24, 2.45) is 0 Å². The highest BCUT2D eigenvalue weighted by Gasteiger charge is 2.43. The van der Waals surface area contributed by atoms with Gasteiger partial charge in [0.05, 0.1) is 6.04 Å². The number of hydrogen-bond donors (Lipinski definition) is 0. The maximum atomic E-state index is 13.5.